The van der Waals surface area contributed by atoms with E-state index in [-0.39, 0.29) is 18.3 Å². The summed E-state index contributed by atoms with van der Waals surface area (Å²) in [6.45, 7) is 2.25. The van der Waals surface area contributed by atoms with Gasteiger partial charge >= 0.3 is 0 Å². The highest BCUT2D eigenvalue weighted by Gasteiger charge is 2.13. The van der Waals surface area contributed by atoms with Crippen LogP contribution in [0.2, 0.25) is 0 Å². The van der Waals surface area contributed by atoms with Crippen molar-refractivity contribution in [2.45, 2.75) is 19.3 Å². The van der Waals surface area contributed by atoms with Crippen molar-refractivity contribution in [1.29, 1.82) is 0 Å². The Labute approximate surface area is 117 Å². The third-order valence-electron chi connectivity index (χ3n) is 3.20. The molecule has 1 unspecified atom stereocenters. The molecule has 0 aliphatic carbocycles. The summed E-state index contributed by atoms with van der Waals surface area (Å²) in [6, 6.07) is 9.63. The molecule has 0 spiro atoms. The molecule has 20 heavy (non-hydrogen) atoms. The molecule has 1 heterocycles. The van der Waals surface area contributed by atoms with Crippen LogP contribution in [-0.4, -0.2) is 28.2 Å². The molecular weight excluding hydrogens is 257 g/mol. The van der Waals surface area contributed by atoms with E-state index in [1.165, 1.54) is 6.33 Å². The van der Waals surface area contributed by atoms with E-state index >= 15 is 0 Å². The molecule has 0 aliphatic rings. The summed E-state index contributed by atoms with van der Waals surface area (Å²) in [6.07, 6.45) is 1.87. The lowest BCUT2D eigenvalue weighted by Crippen LogP contribution is -2.18. The average molecular weight is 275 g/mol. The van der Waals surface area contributed by atoms with Gasteiger partial charge in [-0.05, 0) is 12.0 Å². The third-order valence-corrected chi connectivity index (χ3v) is 3.20. The van der Waals surface area contributed by atoms with E-state index in [2.05, 4.69) is 15.3 Å². The fourth-order valence-electron chi connectivity index (χ4n) is 2.01. The molecule has 1 aromatic heterocycles. The van der Waals surface area contributed by atoms with Crippen LogP contribution in [0.3, 0.4) is 0 Å². The van der Waals surface area contributed by atoms with Gasteiger partial charge in [0.05, 0.1) is 12.3 Å². The van der Waals surface area contributed by atoms with Gasteiger partial charge in [0.25, 0.3) is 0 Å². The Morgan fingerprint density at radius 3 is 2.65 bits per heavy atom. The number of anilines is 1. The van der Waals surface area contributed by atoms with Gasteiger partial charge in [-0.15, -0.1) is 0 Å². The van der Waals surface area contributed by atoms with Crippen LogP contribution in [0, 0.1) is 5.82 Å². The zero-order chi connectivity index (χ0) is 14.4. The van der Waals surface area contributed by atoms with Gasteiger partial charge in [0, 0.05) is 12.5 Å². The van der Waals surface area contributed by atoms with E-state index in [1.807, 2.05) is 37.3 Å². The number of aliphatic hydroxyl groups excluding tert-OH is 1. The van der Waals surface area contributed by atoms with Gasteiger partial charge in [0.15, 0.2) is 11.6 Å². The molecule has 0 bridgehead atoms. The highest BCUT2D eigenvalue weighted by Crippen LogP contribution is 2.18. The molecule has 0 fully saturated rings. The minimum Gasteiger partial charge on any atom is -0.396 e. The summed E-state index contributed by atoms with van der Waals surface area (Å²) >= 11 is 0. The number of rotatable bonds is 6. The Morgan fingerprint density at radius 2 is 2.00 bits per heavy atom. The standard InChI is InChI=1S/C15H18FN3O/c1-2-13-14(16)15(19-10-18-13)17-8-12(9-20)11-6-4-3-5-7-11/h3-7,10,12,20H,2,8-9H2,1H3,(H,17,18,19). The van der Waals surface area contributed by atoms with Crippen molar-refractivity contribution in [3.8, 4) is 0 Å². The normalized spacial score (nSPS) is 12.2. The number of halogens is 1. The van der Waals surface area contributed by atoms with Crippen molar-refractivity contribution in [1.82, 2.24) is 9.97 Å². The molecule has 2 rings (SSSR count). The van der Waals surface area contributed by atoms with Crippen LogP contribution in [0.4, 0.5) is 10.2 Å². The maximum absolute atomic E-state index is 14.0. The van der Waals surface area contributed by atoms with Gasteiger partial charge in [0.2, 0.25) is 0 Å². The van der Waals surface area contributed by atoms with E-state index < -0.39 is 5.82 Å². The van der Waals surface area contributed by atoms with E-state index in [1.54, 1.807) is 0 Å². The summed E-state index contributed by atoms with van der Waals surface area (Å²) < 4.78 is 14.0. The number of aliphatic hydroxyl groups is 1. The number of aromatic nitrogens is 2. The van der Waals surface area contributed by atoms with Crippen molar-refractivity contribution >= 4 is 5.82 Å². The molecule has 0 radical (unpaired) electrons. The zero-order valence-corrected chi connectivity index (χ0v) is 11.4. The Kier molecular flexibility index (Phi) is 5.01. The van der Waals surface area contributed by atoms with Crippen molar-refractivity contribution in [3.05, 3.63) is 53.7 Å². The molecule has 0 saturated carbocycles. The summed E-state index contributed by atoms with van der Waals surface area (Å²) in [4.78, 5) is 7.80. The summed E-state index contributed by atoms with van der Waals surface area (Å²) in [7, 11) is 0. The van der Waals surface area contributed by atoms with Gasteiger partial charge in [-0.3, -0.25) is 0 Å². The second-order valence-corrected chi connectivity index (χ2v) is 4.51. The van der Waals surface area contributed by atoms with Crippen LogP contribution in [0.15, 0.2) is 36.7 Å². The number of aryl methyl sites for hydroxylation is 1. The molecule has 4 nitrogen and oxygen atoms in total. The first-order valence-electron chi connectivity index (χ1n) is 6.65. The minimum atomic E-state index is -0.417. The first-order chi connectivity index (χ1) is 9.76. The van der Waals surface area contributed by atoms with E-state index in [4.69, 9.17) is 0 Å². The van der Waals surface area contributed by atoms with Crippen molar-refractivity contribution < 1.29 is 9.50 Å². The van der Waals surface area contributed by atoms with Crippen LogP contribution in [0.25, 0.3) is 0 Å². The lowest BCUT2D eigenvalue weighted by Gasteiger charge is -2.16. The first-order valence-corrected chi connectivity index (χ1v) is 6.65. The third kappa shape index (κ3) is 3.30. The topological polar surface area (TPSA) is 58.0 Å². The molecular formula is C15H18FN3O. The number of nitrogens with one attached hydrogen (secondary N) is 1. The Hall–Kier alpha value is -2.01. The highest BCUT2D eigenvalue weighted by molar-refractivity contribution is 5.38. The quantitative estimate of drug-likeness (QED) is 0.849. The maximum atomic E-state index is 14.0. The smallest absolute Gasteiger partial charge is 0.186 e. The fraction of sp³-hybridized carbons (Fsp3) is 0.333. The largest absolute Gasteiger partial charge is 0.396 e. The van der Waals surface area contributed by atoms with E-state index in [0.717, 1.165) is 5.56 Å². The molecule has 2 N–H and O–H groups in total. The van der Waals surface area contributed by atoms with Gasteiger partial charge < -0.3 is 10.4 Å². The summed E-state index contributed by atoms with van der Waals surface area (Å²) in [5.74, 6) is -0.332. The lowest BCUT2D eigenvalue weighted by atomic mass is 10.0. The number of hydrogen-bond donors (Lipinski definition) is 2. The van der Waals surface area contributed by atoms with Gasteiger partial charge in [-0.25, -0.2) is 14.4 Å². The number of benzene rings is 1. The SMILES string of the molecule is CCc1ncnc(NCC(CO)c2ccccc2)c1F. The molecule has 1 atom stereocenters. The van der Waals surface area contributed by atoms with Crippen LogP contribution < -0.4 is 5.32 Å². The van der Waals surface area contributed by atoms with Crippen molar-refractivity contribution in [2.75, 3.05) is 18.5 Å². The molecule has 5 heteroatoms. The number of nitrogens with zero attached hydrogens (tertiary/aromatic N) is 2. The predicted octanol–water partition coefficient (Wildman–Crippen LogP) is 2.37. The Morgan fingerprint density at radius 1 is 1.25 bits per heavy atom. The van der Waals surface area contributed by atoms with Gasteiger partial charge in [-0.2, -0.15) is 0 Å². The average Bonchev–Trinajstić information content (AvgIpc) is 2.50. The molecule has 106 valence electrons. The second-order valence-electron chi connectivity index (χ2n) is 4.51. The van der Waals surface area contributed by atoms with Gasteiger partial charge in [-0.1, -0.05) is 37.3 Å². The molecule has 1 aromatic carbocycles. The van der Waals surface area contributed by atoms with Crippen LogP contribution in [0.5, 0.6) is 0 Å². The van der Waals surface area contributed by atoms with Crippen LogP contribution in [-0.2, 0) is 6.42 Å². The predicted molar refractivity (Wildman–Crippen MR) is 76.1 cm³/mol. The molecule has 0 aliphatic heterocycles. The number of hydrogen-bond acceptors (Lipinski definition) is 4. The Balaban J connectivity index is 2.08. The van der Waals surface area contributed by atoms with Crippen LogP contribution in [0.1, 0.15) is 24.1 Å². The Bertz CT molecular complexity index is 548. The maximum Gasteiger partial charge on any atom is 0.186 e. The monoisotopic (exact) mass is 275 g/mol. The fourth-order valence-corrected chi connectivity index (χ4v) is 2.01. The minimum absolute atomic E-state index is 0.00957. The molecule has 0 saturated heterocycles. The summed E-state index contributed by atoms with van der Waals surface area (Å²) in [5.41, 5.74) is 1.40. The van der Waals surface area contributed by atoms with E-state index in [9.17, 15) is 9.50 Å². The van der Waals surface area contributed by atoms with Gasteiger partial charge in [0.1, 0.15) is 6.33 Å². The first kappa shape index (κ1) is 14.4. The molecule has 2 aromatic rings. The highest BCUT2D eigenvalue weighted by atomic mass is 19.1. The lowest BCUT2D eigenvalue weighted by molar-refractivity contribution is 0.270. The molecule has 0 amide bonds. The summed E-state index contributed by atoms with van der Waals surface area (Å²) in [5, 5.41) is 12.4. The zero-order valence-electron chi connectivity index (χ0n) is 11.4. The second kappa shape index (κ2) is 6.96. The van der Waals surface area contributed by atoms with Crippen LogP contribution >= 0.6 is 0 Å². The van der Waals surface area contributed by atoms with Crippen molar-refractivity contribution in [3.63, 3.8) is 0 Å². The van der Waals surface area contributed by atoms with Crippen molar-refractivity contribution in [2.24, 2.45) is 0 Å². The van der Waals surface area contributed by atoms with E-state index in [0.29, 0.717) is 18.7 Å².